The molecule has 132 valence electrons. The Labute approximate surface area is 149 Å². The molecule has 3 aromatic carbocycles. The second-order valence-electron chi connectivity index (χ2n) is 5.83. The van der Waals surface area contributed by atoms with E-state index in [1.807, 2.05) is 6.07 Å². The molecule has 26 heavy (non-hydrogen) atoms. The molecule has 0 aliphatic carbocycles. The molecule has 0 saturated carbocycles. The average Bonchev–Trinajstić information content (AvgIpc) is 2.61. The molecule has 0 amide bonds. The molecule has 0 heterocycles. The third-order valence-corrected chi connectivity index (χ3v) is 3.85. The van der Waals surface area contributed by atoms with Gasteiger partial charge in [0.25, 0.3) is 0 Å². The van der Waals surface area contributed by atoms with Gasteiger partial charge in [-0.05, 0) is 47.0 Å². The summed E-state index contributed by atoms with van der Waals surface area (Å²) in [5, 5.41) is 8.76. The van der Waals surface area contributed by atoms with Crippen LogP contribution in [0.2, 0.25) is 0 Å². The van der Waals surface area contributed by atoms with E-state index < -0.39 is 17.6 Å². The summed E-state index contributed by atoms with van der Waals surface area (Å²) in [5.41, 5.74) is 2.49. The van der Waals surface area contributed by atoms with Crippen LogP contribution >= 0.6 is 0 Å². The average molecular weight is 354 g/mol. The van der Waals surface area contributed by atoms with Crippen molar-refractivity contribution in [3.63, 3.8) is 0 Å². The van der Waals surface area contributed by atoms with Crippen molar-refractivity contribution >= 4 is 5.97 Å². The summed E-state index contributed by atoms with van der Waals surface area (Å²) in [4.78, 5) is 10.7. The van der Waals surface area contributed by atoms with E-state index in [0.717, 1.165) is 11.6 Å². The van der Waals surface area contributed by atoms with Gasteiger partial charge in [-0.1, -0.05) is 30.3 Å². The number of ether oxygens (including phenoxy) is 1. The Bertz CT molecular complexity index is 921. The SMILES string of the molecule is O=C(O)Cc1ccc(OCc2cccc(-c3ccc(F)cc3F)c2)cc1. The number of carboxylic acids is 1. The van der Waals surface area contributed by atoms with Crippen LogP contribution in [0.4, 0.5) is 8.78 Å². The van der Waals surface area contributed by atoms with Crippen LogP contribution in [0.5, 0.6) is 5.75 Å². The van der Waals surface area contributed by atoms with E-state index in [1.165, 1.54) is 12.1 Å². The lowest BCUT2D eigenvalue weighted by molar-refractivity contribution is -0.136. The maximum Gasteiger partial charge on any atom is 0.307 e. The fraction of sp³-hybridized carbons (Fsp3) is 0.0952. The second kappa shape index (κ2) is 7.78. The lowest BCUT2D eigenvalue weighted by Gasteiger charge is -2.09. The van der Waals surface area contributed by atoms with Crippen molar-refractivity contribution in [2.24, 2.45) is 0 Å². The Balaban J connectivity index is 1.70. The van der Waals surface area contributed by atoms with Crippen LogP contribution in [0.3, 0.4) is 0 Å². The molecule has 0 unspecified atom stereocenters. The topological polar surface area (TPSA) is 46.5 Å². The zero-order valence-corrected chi connectivity index (χ0v) is 13.8. The quantitative estimate of drug-likeness (QED) is 0.689. The van der Waals surface area contributed by atoms with Crippen LogP contribution in [0.15, 0.2) is 66.7 Å². The summed E-state index contributed by atoms with van der Waals surface area (Å²) in [6.45, 7) is 0.273. The van der Waals surface area contributed by atoms with Crippen LogP contribution < -0.4 is 4.74 Å². The van der Waals surface area contributed by atoms with E-state index in [4.69, 9.17) is 9.84 Å². The minimum atomic E-state index is -0.886. The number of carbonyl (C=O) groups is 1. The van der Waals surface area contributed by atoms with Gasteiger partial charge in [-0.25, -0.2) is 8.78 Å². The zero-order chi connectivity index (χ0) is 18.5. The minimum absolute atomic E-state index is 0.0362. The molecule has 3 nitrogen and oxygen atoms in total. The fourth-order valence-corrected chi connectivity index (χ4v) is 2.60. The first kappa shape index (κ1) is 17.6. The summed E-state index contributed by atoms with van der Waals surface area (Å²) in [6, 6.07) is 17.5. The van der Waals surface area contributed by atoms with Crippen LogP contribution in [0.25, 0.3) is 11.1 Å². The number of rotatable bonds is 6. The molecule has 0 aliphatic heterocycles. The molecule has 0 aliphatic rings. The highest BCUT2D eigenvalue weighted by Crippen LogP contribution is 2.25. The summed E-state index contributed by atoms with van der Waals surface area (Å²) in [6.07, 6.45) is -0.0362. The van der Waals surface area contributed by atoms with Gasteiger partial charge in [0.1, 0.15) is 24.0 Å². The maximum absolute atomic E-state index is 13.9. The van der Waals surface area contributed by atoms with E-state index in [9.17, 15) is 13.6 Å². The largest absolute Gasteiger partial charge is 0.489 e. The van der Waals surface area contributed by atoms with Gasteiger partial charge < -0.3 is 9.84 Å². The molecule has 0 radical (unpaired) electrons. The van der Waals surface area contributed by atoms with Gasteiger partial charge in [-0.15, -0.1) is 0 Å². The van der Waals surface area contributed by atoms with Gasteiger partial charge in [0.2, 0.25) is 0 Å². The number of hydrogen-bond acceptors (Lipinski definition) is 2. The standard InChI is InChI=1S/C21H16F2O3/c22-17-6-9-19(20(23)12-17)16-3-1-2-15(10-16)13-26-18-7-4-14(5-8-18)11-21(24)25/h1-10,12H,11,13H2,(H,24,25). The van der Waals surface area contributed by atoms with Crippen LogP contribution in [0, 0.1) is 11.6 Å². The van der Waals surface area contributed by atoms with Gasteiger partial charge in [-0.2, -0.15) is 0 Å². The van der Waals surface area contributed by atoms with Crippen molar-refractivity contribution in [2.45, 2.75) is 13.0 Å². The highest BCUT2D eigenvalue weighted by atomic mass is 19.1. The number of halogens is 2. The predicted octanol–water partition coefficient (Wildman–Crippen LogP) is 4.84. The predicted molar refractivity (Wildman–Crippen MR) is 93.9 cm³/mol. The molecule has 0 saturated heterocycles. The lowest BCUT2D eigenvalue weighted by atomic mass is 10.0. The lowest BCUT2D eigenvalue weighted by Crippen LogP contribution is -2.00. The molecule has 0 aromatic heterocycles. The van der Waals surface area contributed by atoms with Gasteiger partial charge in [0, 0.05) is 11.6 Å². The van der Waals surface area contributed by atoms with E-state index in [0.29, 0.717) is 22.4 Å². The van der Waals surface area contributed by atoms with Crippen molar-refractivity contribution in [1.29, 1.82) is 0 Å². The third kappa shape index (κ3) is 4.45. The Morgan fingerprint density at radius 2 is 1.69 bits per heavy atom. The molecule has 0 spiro atoms. The monoisotopic (exact) mass is 354 g/mol. The Morgan fingerprint density at radius 3 is 2.38 bits per heavy atom. The Kier molecular flexibility index (Phi) is 5.27. The smallest absolute Gasteiger partial charge is 0.307 e. The Morgan fingerprint density at radius 1 is 0.923 bits per heavy atom. The van der Waals surface area contributed by atoms with Gasteiger partial charge in [-0.3, -0.25) is 4.79 Å². The molecule has 3 rings (SSSR count). The number of benzene rings is 3. The van der Waals surface area contributed by atoms with E-state index >= 15 is 0 Å². The second-order valence-corrected chi connectivity index (χ2v) is 5.83. The highest BCUT2D eigenvalue weighted by Gasteiger charge is 2.07. The van der Waals surface area contributed by atoms with Crippen LogP contribution in [-0.4, -0.2) is 11.1 Å². The van der Waals surface area contributed by atoms with E-state index in [1.54, 1.807) is 42.5 Å². The third-order valence-electron chi connectivity index (χ3n) is 3.85. The van der Waals surface area contributed by atoms with Crippen molar-refractivity contribution in [3.05, 3.63) is 89.5 Å². The first-order valence-corrected chi connectivity index (χ1v) is 7.99. The number of carboxylic acid groups (broad SMARTS) is 1. The molecule has 1 N–H and O–H groups in total. The number of aliphatic carboxylic acids is 1. The molecular formula is C21H16F2O3. The number of hydrogen-bond donors (Lipinski definition) is 1. The van der Waals surface area contributed by atoms with Gasteiger partial charge >= 0.3 is 5.97 Å². The summed E-state index contributed by atoms with van der Waals surface area (Å²) >= 11 is 0. The molecule has 3 aromatic rings. The summed E-state index contributed by atoms with van der Waals surface area (Å²) in [5.74, 6) is -1.50. The molecule has 0 bridgehead atoms. The fourth-order valence-electron chi connectivity index (χ4n) is 2.60. The van der Waals surface area contributed by atoms with Crippen molar-refractivity contribution in [2.75, 3.05) is 0 Å². The summed E-state index contributed by atoms with van der Waals surface area (Å²) < 4.78 is 32.7. The maximum atomic E-state index is 13.9. The van der Waals surface area contributed by atoms with Crippen molar-refractivity contribution in [1.82, 2.24) is 0 Å². The normalized spacial score (nSPS) is 10.5. The van der Waals surface area contributed by atoms with Crippen LogP contribution in [-0.2, 0) is 17.8 Å². The van der Waals surface area contributed by atoms with Crippen molar-refractivity contribution in [3.8, 4) is 16.9 Å². The van der Waals surface area contributed by atoms with E-state index in [-0.39, 0.29) is 13.0 Å². The molecular weight excluding hydrogens is 338 g/mol. The van der Waals surface area contributed by atoms with Gasteiger partial charge in [0.05, 0.1) is 6.42 Å². The molecule has 5 heteroatoms. The van der Waals surface area contributed by atoms with Gasteiger partial charge in [0.15, 0.2) is 0 Å². The first-order chi connectivity index (χ1) is 12.5. The minimum Gasteiger partial charge on any atom is -0.489 e. The van der Waals surface area contributed by atoms with Crippen molar-refractivity contribution < 1.29 is 23.4 Å². The first-order valence-electron chi connectivity index (χ1n) is 7.99. The zero-order valence-electron chi connectivity index (χ0n) is 13.8. The van der Waals surface area contributed by atoms with Crippen LogP contribution in [0.1, 0.15) is 11.1 Å². The van der Waals surface area contributed by atoms with E-state index in [2.05, 4.69) is 0 Å². The molecule has 0 atom stereocenters. The molecule has 0 fully saturated rings. The summed E-state index contributed by atoms with van der Waals surface area (Å²) in [7, 11) is 0. The Hall–Kier alpha value is -3.21. The highest BCUT2D eigenvalue weighted by molar-refractivity contribution is 5.70.